The standard InChI is InChI=1S/C13H17ClN2OS/c1-9(10-3-2-4-11(14)7-10)16-13(17)12-8-18-6-5-15-12/h2-4,7,9,12,15H,5-6,8H2,1H3,(H,16,17)/t9-,12?/m0/s1. The van der Waals surface area contributed by atoms with Gasteiger partial charge in [0.2, 0.25) is 5.91 Å². The van der Waals surface area contributed by atoms with Crippen LogP contribution in [-0.4, -0.2) is 30.0 Å². The van der Waals surface area contributed by atoms with E-state index in [1.807, 2.05) is 43.0 Å². The molecule has 2 N–H and O–H groups in total. The van der Waals surface area contributed by atoms with Crippen LogP contribution in [-0.2, 0) is 4.79 Å². The van der Waals surface area contributed by atoms with E-state index in [4.69, 9.17) is 11.6 Å². The molecule has 0 spiro atoms. The summed E-state index contributed by atoms with van der Waals surface area (Å²) in [6.07, 6.45) is 0. The van der Waals surface area contributed by atoms with Crippen LogP contribution in [0.2, 0.25) is 5.02 Å². The van der Waals surface area contributed by atoms with Crippen LogP contribution in [0, 0.1) is 0 Å². The fourth-order valence-corrected chi connectivity index (χ4v) is 3.04. The van der Waals surface area contributed by atoms with E-state index in [0.717, 1.165) is 23.6 Å². The summed E-state index contributed by atoms with van der Waals surface area (Å²) in [6, 6.07) is 7.49. The second kappa shape index (κ2) is 6.45. The third-order valence-corrected chi connectivity index (χ3v) is 4.24. The molecule has 18 heavy (non-hydrogen) atoms. The molecule has 1 heterocycles. The zero-order valence-electron chi connectivity index (χ0n) is 10.3. The lowest BCUT2D eigenvalue weighted by Crippen LogP contribution is -2.49. The molecule has 0 aromatic heterocycles. The number of hydrogen-bond donors (Lipinski definition) is 2. The molecule has 1 aromatic carbocycles. The molecule has 5 heteroatoms. The fraction of sp³-hybridized carbons (Fsp3) is 0.462. The van der Waals surface area contributed by atoms with E-state index in [-0.39, 0.29) is 18.0 Å². The molecule has 98 valence electrons. The predicted molar refractivity (Wildman–Crippen MR) is 77.1 cm³/mol. The molecule has 1 aromatic rings. The van der Waals surface area contributed by atoms with E-state index >= 15 is 0 Å². The molecule has 1 unspecified atom stereocenters. The maximum absolute atomic E-state index is 12.0. The van der Waals surface area contributed by atoms with Gasteiger partial charge in [-0.1, -0.05) is 23.7 Å². The highest BCUT2D eigenvalue weighted by Gasteiger charge is 2.22. The van der Waals surface area contributed by atoms with Gasteiger partial charge in [-0.2, -0.15) is 11.8 Å². The second-order valence-corrected chi connectivity index (χ2v) is 5.95. The summed E-state index contributed by atoms with van der Waals surface area (Å²) < 4.78 is 0. The van der Waals surface area contributed by atoms with Crippen molar-refractivity contribution in [3.05, 3.63) is 34.9 Å². The number of halogens is 1. The molecule has 1 amide bonds. The Balaban J connectivity index is 1.94. The molecule has 0 bridgehead atoms. The van der Waals surface area contributed by atoms with E-state index in [1.54, 1.807) is 0 Å². The van der Waals surface area contributed by atoms with E-state index in [0.29, 0.717) is 5.02 Å². The smallest absolute Gasteiger partial charge is 0.238 e. The SMILES string of the molecule is C[C@H](NC(=O)C1CSCCN1)c1cccc(Cl)c1. The summed E-state index contributed by atoms with van der Waals surface area (Å²) in [5.74, 6) is 1.98. The number of thioether (sulfide) groups is 1. The van der Waals surface area contributed by atoms with Crippen molar-refractivity contribution in [3.8, 4) is 0 Å². The molecule has 0 radical (unpaired) electrons. The molecular formula is C13H17ClN2OS. The lowest BCUT2D eigenvalue weighted by Gasteiger charge is -2.24. The number of rotatable bonds is 3. The fourth-order valence-electron chi connectivity index (χ4n) is 1.91. The minimum absolute atomic E-state index is 0.0232. The van der Waals surface area contributed by atoms with Crippen molar-refractivity contribution in [3.63, 3.8) is 0 Å². The summed E-state index contributed by atoms with van der Waals surface area (Å²) in [7, 11) is 0. The van der Waals surface area contributed by atoms with Gasteiger partial charge in [0.05, 0.1) is 12.1 Å². The first kappa shape index (κ1) is 13.7. The minimum Gasteiger partial charge on any atom is -0.348 e. The second-order valence-electron chi connectivity index (χ2n) is 4.37. The third-order valence-electron chi connectivity index (χ3n) is 2.95. The van der Waals surface area contributed by atoms with Crippen LogP contribution in [0.25, 0.3) is 0 Å². The van der Waals surface area contributed by atoms with Gasteiger partial charge >= 0.3 is 0 Å². The molecule has 2 rings (SSSR count). The normalized spacial score (nSPS) is 21.3. The van der Waals surface area contributed by atoms with Crippen LogP contribution in [0.15, 0.2) is 24.3 Å². The number of hydrogen-bond acceptors (Lipinski definition) is 3. The monoisotopic (exact) mass is 284 g/mol. The summed E-state index contributed by atoms with van der Waals surface area (Å²) in [5, 5.41) is 6.94. The lowest BCUT2D eigenvalue weighted by atomic mass is 10.1. The first-order valence-electron chi connectivity index (χ1n) is 6.04. The van der Waals surface area contributed by atoms with Gasteiger partial charge in [-0.3, -0.25) is 4.79 Å². The summed E-state index contributed by atoms with van der Waals surface area (Å²) in [5.41, 5.74) is 1.03. The van der Waals surface area contributed by atoms with Gasteiger partial charge in [0.15, 0.2) is 0 Å². The highest BCUT2D eigenvalue weighted by atomic mass is 35.5. The Labute approximate surface area is 117 Å². The van der Waals surface area contributed by atoms with E-state index in [9.17, 15) is 4.79 Å². The Morgan fingerprint density at radius 2 is 2.44 bits per heavy atom. The van der Waals surface area contributed by atoms with Crippen LogP contribution >= 0.6 is 23.4 Å². The Hall–Kier alpha value is -0.710. The lowest BCUT2D eigenvalue weighted by molar-refractivity contribution is -0.123. The van der Waals surface area contributed by atoms with Crippen molar-refractivity contribution in [1.82, 2.24) is 10.6 Å². The zero-order chi connectivity index (χ0) is 13.0. The maximum atomic E-state index is 12.0. The molecule has 1 saturated heterocycles. The largest absolute Gasteiger partial charge is 0.348 e. The van der Waals surface area contributed by atoms with Gasteiger partial charge in [-0.25, -0.2) is 0 Å². The molecule has 2 atom stereocenters. The van der Waals surface area contributed by atoms with Gasteiger partial charge in [0.25, 0.3) is 0 Å². The highest BCUT2D eigenvalue weighted by Crippen LogP contribution is 2.18. The molecular weight excluding hydrogens is 268 g/mol. The highest BCUT2D eigenvalue weighted by molar-refractivity contribution is 7.99. The van der Waals surface area contributed by atoms with Gasteiger partial charge in [-0.05, 0) is 24.6 Å². The Morgan fingerprint density at radius 3 is 3.11 bits per heavy atom. The quantitative estimate of drug-likeness (QED) is 0.894. The molecule has 3 nitrogen and oxygen atoms in total. The predicted octanol–water partition coefficient (Wildman–Crippen LogP) is 2.22. The van der Waals surface area contributed by atoms with Crippen LogP contribution < -0.4 is 10.6 Å². The van der Waals surface area contributed by atoms with Crippen molar-refractivity contribution in [2.24, 2.45) is 0 Å². The Kier molecular flexibility index (Phi) is 4.92. The topological polar surface area (TPSA) is 41.1 Å². The maximum Gasteiger partial charge on any atom is 0.238 e. The number of nitrogens with one attached hydrogen (secondary N) is 2. The molecule has 1 fully saturated rings. The van der Waals surface area contributed by atoms with Crippen LogP contribution in [0.5, 0.6) is 0 Å². The van der Waals surface area contributed by atoms with Crippen molar-refractivity contribution >= 4 is 29.3 Å². The number of benzene rings is 1. The first-order chi connectivity index (χ1) is 8.66. The van der Waals surface area contributed by atoms with Crippen LogP contribution in [0.1, 0.15) is 18.5 Å². The van der Waals surface area contributed by atoms with E-state index < -0.39 is 0 Å². The van der Waals surface area contributed by atoms with Crippen molar-refractivity contribution in [2.45, 2.75) is 19.0 Å². The van der Waals surface area contributed by atoms with E-state index in [2.05, 4.69) is 10.6 Å². The molecule has 0 saturated carbocycles. The summed E-state index contributed by atoms with van der Waals surface area (Å²) in [4.78, 5) is 12.0. The van der Waals surface area contributed by atoms with Crippen molar-refractivity contribution < 1.29 is 4.79 Å². The van der Waals surface area contributed by atoms with Gasteiger partial charge in [-0.15, -0.1) is 0 Å². The van der Waals surface area contributed by atoms with Gasteiger partial charge < -0.3 is 10.6 Å². The molecule has 0 aliphatic carbocycles. The Morgan fingerprint density at radius 1 is 1.61 bits per heavy atom. The van der Waals surface area contributed by atoms with Gasteiger partial charge in [0, 0.05) is 23.1 Å². The van der Waals surface area contributed by atoms with E-state index in [1.165, 1.54) is 0 Å². The Bertz CT molecular complexity index is 421. The number of amides is 1. The molecule has 1 aliphatic rings. The first-order valence-corrected chi connectivity index (χ1v) is 7.57. The number of carbonyl (C=O) groups excluding carboxylic acids is 1. The zero-order valence-corrected chi connectivity index (χ0v) is 11.9. The summed E-state index contributed by atoms with van der Waals surface area (Å²) >= 11 is 7.76. The van der Waals surface area contributed by atoms with Crippen LogP contribution in [0.3, 0.4) is 0 Å². The average molecular weight is 285 g/mol. The minimum atomic E-state index is -0.0783. The van der Waals surface area contributed by atoms with Crippen molar-refractivity contribution in [2.75, 3.05) is 18.1 Å². The van der Waals surface area contributed by atoms with Crippen molar-refractivity contribution in [1.29, 1.82) is 0 Å². The van der Waals surface area contributed by atoms with Crippen LogP contribution in [0.4, 0.5) is 0 Å². The average Bonchev–Trinajstić information content (AvgIpc) is 2.39. The molecule has 1 aliphatic heterocycles. The number of carbonyl (C=O) groups is 1. The van der Waals surface area contributed by atoms with Gasteiger partial charge in [0.1, 0.15) is 0 Å². The third kappa shape index (κ3) is 3.64. The summed E-state index contributed by atoms with van der Waals surface area (Å²) in [6.45, 7) is 2.87.